The molecule has 4 aromatic carbocycles. The van der Waals surface area contributed by atoms with Crippen molar-refractivity contribution in [2.75, 3.05) is 0 Å². The van der Waals surface area contributed by atoms with Crippen LogP contribution in [0.2, 0.25) is 0 Å². The fraction of sp³-hybridized carbons (Fsp3) is 0.0455. The predicted octanol–water partition coefficient (Wildman–Crippen LogP) is 4.66. The van der Waals surface area contributed by atoms with E-state index in [1.165, 1.54) is 26.9 Å². The highest BCUT2D eigenvalue weighted by Crippen LogP contribution is 2.28. The smallest absolute Gasteiger partial charge is 0.114 e. The zero-order chi connectivity index (χ0) is 17.2. The predicted molar refractivity (Wildman–Crippen MR) is 108 cm³/mol. The largest absolute Gasteiger partial charge is 0.349 e. The fourth-order valence-corrected chi connectivity index (χ4v) is 3.17. The number of nitrogens with zero attached hydrogens (tertiary/aromatic N) is 1. The van der Waals surface area contributed by atoms with E-state index < -0.39 is 0 Å². The first-order valence-electron chi connectivity index (χ1n) is 8.28. The van der Waals surface area contributed by atoms with Gasteiger partial charge < -0.3 is 4.98 Å². The Morgan fingerprint density at radius 1 is 0.800 bits per heavy atom. The molecule has 1 aromatic heterocycles. The first-order valence-corrected chi connectivity index (χ1v) is 8.28. The summed E-state index contributed by atoms with van der Waals surface area (Å²) in [5.41, 5.74) is 0.846. The molecule has 1 heterocycles. The first-order chi connectivity index (χ1) is 12.2. The fourth-order valence-electron chi connectivity index (χ4n) is 3.17. The number of hydrogen-bond donors (Lipinski definition) is 1. The van der Waals surface area contributed by atoms with E-state index in [1.807, 2.05) is 19.1 Å². The van der Waals surface area contributed by atoms with Crippen molar-refractivity contribution >= 4 is 45.6 Å². The second-order valence-electron chi connectivity index (χ2n) is 6.11. The van der Waals surface area contributed by atoms with Crippen molar-refractivity contribution in [3.8, 4) is 0 Å². The van der Waals surface area contributed by atoms with E-state index in [1.54, 1.807) is 12.4 Å². The highest BCUT2D eigenvalue weighted by molar-refractivity contribution is 6.41. The molecule has 3 heteroatoms. The number of hydrogen-bond acceptors (Lipinski definition) is 1. The van der Waals surface area contributed by atoms with Gasteiger partial charge in [0.25, 0.3) is 0 Å². The van der Waals surface area contributed by atoms with Gasteiger partial charge in [-0.3, -0.25) is 0 Å². The summed E-state index contributed by atoms with van der Waals surface area (Å²) in [7, 11) is 6.17. The minimum Gasteiger partial charge on any atom is -0.349 e. The van der Waals surface area contributed by atoms with Crippen LogP contribution >= 0.6 is 0 Å². The van der Waals surface area contributed by atoms with Gasteiger partial charge in [-0.25, -0.2) is 4.98 Å². The third-order valence-corrected chi connectivity index (χ3v) is 4.39. The average Bonchev–Trinajstić information content (AvgIpc) is 3.11. The van der Waals surface area contributed by atoms with E-state index >= 15 is 0 Å². The second-order valence-corrected chi connectivity index (χ2v) is 6.11. The second kappa shape index (κ2) is 6.44. The minimum atomic E-state index is 0.846. The lowest BCUT2D eigenvalue weighted by Gasteiger charge is -2.09. The van der Waals surface area contributed by atoms with Gasteiger partial charge in [-0.1, -0.05) is 60.1 Å². The molecule has 1 N–H and O–H groups in total. The van der Waals surface area contributed by atoms with Gasteiger partial charge in [0.2, 0.25) is 0 Å². The molecule has 5 rings (SSSR count). The number of aromatic amines is 1. The van der Waals surface area contributed by atoms with E-state index in [0.29, 0.717) is 0 Å². The molecular weight excluding hydrogens is 303 g/mol. The zero-order valence-corrected chi connectivity index (χ0v) is 14.0. The monoisotopic (exact) mass is 320 g/mol. The van der Waals surface area contributed by atoms with E-state index in [0.717, 1.165) is 16.7 Å². The number of imidazole rings is 1. The number of aryl methyl sites for hydroxylation is 1. The van der Waals surface area contributed by atoms with Gasteiger partial charge in [0.15, 0.2) is 0 Å². The molecule has 0 unspecified atom stereocenters. The molecule has 0 aliphatic rings. The number of aromatic nitrogens is 2. The van der Waals surface area contributed by atoms with Gasteiger partial charge in [-0.2, -0.15) is 0 Å². The molecule has 2 nitrogen and oxygen atoms in total. The Hall–Kier alpha value is -3.07. The van der Waals surface area contributed by atoms with Gasteiger partial charge in [0, 0.05) is 12.4 Å². The highest BCUT2D eigenvalue weighted by Gasteiger charge is 2.04. The average molecular weight is 320 g/mol. The summed E-state index contributed by atoms with van der Waals surface area (Å²) in [5.74, 6) is 0.968. The number of benzene rings is 4. The Kier molecular flexibility index (Phi) is 3.98. The quantitative estimate of drug-likeness (QED) is 0.251. The van der Waals surface area contributed by atoms with Crippen LogP contribution in [0.4, 0.5) is 0 Å². The molecule has 2 radical (unpaired) electrons. The molecule has 0 saturated carbocycles. The van der Waals surface area contributed by atoms with Crippen LogP contribution in [0, 0.1) is 6.92 Å². The number of fused-ring (bicyclic) bond motifs is 4. The van der Waals surface area contributed by atoms with Gasteiger partial charge in [-0.15, -0.1) is 0 Å². The van der Waals surface area contributed by atoms with Crippen LogP contribution in [0.5, 0.6) is 0 Å². The molecule has 0 aliphatic carbocycles. The van der Waals surface area contributed by atoms with Crippen LogP contribution < -0.4 is 5.46 Å². The van der Waals surface area contributed by atoms with Crippen molar-refractivity contribution in [2.45, 2.75) is 6.92 Å². The molecule has 0 fully saturated rings. The maximum absolute atomic E-state index is 6.17. The van der Waals surface area contributed by atoms with Gasteiger partial charge >= 0.3 is 0 Å². The van der Waals surface area contributed by atoms with Gasteiger partial charge in [-0.05, 0) is 51.4 Å². The van der Waals surface area contributed by atoms with E-state index in [2.05, 4.69) is 64.6 Å². The molecule has 0 spiro atoms. The van der Waals surface area contributed by atoms with Crippen LogP contribution in [0.15, 0.2) is 79.1 Å². The van der Waals surface area contributed by atoms with Crippen LogP contribution in [-0.4, -0.2) is 17.8 Å². The first kappa shape index (κ1) is 15.5. The minimum absolute atomic E-state index is 0.846. The summed E-state index contributed by atoms with van der Waals surface area (Å²) in [5, 5.41) is 7.35. The van der Waals surface area contributed by atoms with Crippen LogP contribution in [0.25, 0.3) is 32.3 Å². The molecule has 0 aliphatic heterocycles. The molecule has 0 atom stereocenters. The third kappa shape index (κ3) is 3.01. The Bertz CT molecular complexity index is 1160. The molecule has 5 aromatic rings. The SMILES string of the molecule is Cc1ncc[nH]1.[B]c1cccc2ccc3cc4ccccc4cc3c12. The number of rotatable bonds is 0. The molecular formula is C22H17BN2. The van der Waals surface area contributed by atoms with Crippen molar-refractivity contribution in [1.82, 2.24) is 9.97 Å². The lowest BCUT2D eigenvalue weighted by atomic mass is 9.87. The van der Waals surface area contributed by atoms with Crippen molar-refractivity contribution in [1.29, 1.82) is 0 Å². The van der Waals surface area contributed by atoms with Crippen molar-refractivity contribution in [3.63, 3.8) is 0 Å². The van der Waals surface area contributed by atoms with Crippen molar-refractivity contribution < 1.29 is 0 Å². The summed E-state index contributed by atoms with van der Waals surface area (Å²) in [6.45, 7) is 1.92. The van der Waals surface area contributed by atoms with E-state index in [-0.39, 0.29) is 0 Å². The maximum atomic E-state index is 6.17. The Balaban J connectivity index is 0.000000223. The zero-order valence-electron chi connectivity index (χ0n) is 14.0. The van der Waals surface area contributed by atoms with E-state index in [4.69, 9.17) is 7.85 Å². The number of nitrogens with one attached hydrogen (secondary N) is 1. The van der Waals surface area contributed by atoms with Gasteiger partial charge in [0.1, 0.15) is 13.7 Å². The van der Waals surface area contributed by atoms with Crippen molar-refractivity contribution in [2.24, 2.45) is 0 Å². The summed E-state index contributed by atoms with van der Waals surface area (Å²) in [6, 6.07) is 23.3. The molecule has 25 heavy (non-hydrogen) atoms. The normalized spacial score (nSPS) is 10.8. The Morgan fingerprint density at radius 2 is 1.52 bits per heavy atom. The summed E-state index contributed by atoms with van der Waals surface area (Å²) in [6.07, 6.45) is 3.53. The van der Waals surface area contributed by atoms with Crippen LogP contribution in [-0.2, 0) is 0 Å². The number of H-pyrrole nitrogens is 1. The highest BCUT2D eigenvalue weighted by atomic mass is 14.9. The molecule has 0 amide bonds. The molecule has 0 bridgehead atoms. The van der Waals surface area contributed by atoms with Crippen LogP contribution in [0.3, 0.4) is 0 Å². The van der Waals surface area contributed by atoms with Crippen molar-refractivity contribution in [3.05, 3.63) is 84.9 Å². The standard InChI is InChI=1S/C18H11B.C4H6N2/c19-17-7-3-6-12-8-9-15-10-13-4-1-2-5-14(13)11-16(15)18(12)17;1-4-5-2-3-6-4/h1-11H;2-3H,1H3,(H,5,6). The topological polar surface area (TPSA) is 28.7 Å². The summed E-state index contributed by atoms with van der Waals surface area (Å²) < 4.78 is 0. The lowest BCUT2D eigenvalue weighted by molar-refractivity contribution is 1.15. The summed E-state index contributed by atoms with van der Waals surface area (Å²) >= 11 is 0. The molecule has 0 saturated heterocycles. The Morgan fingerprint density at radius 3 is 2.20 bits per heavy atom. The van der Waals surface area contributed by atoms with Gasteiger partial charge in [0.05, 0.1) is 0 Å². The lowest BCUT2D eigenvalue weighted by Crippen LogP contribution is -2.03. The Labute approximate surface area is 147 Å². The summed E-state index contributed by atoms with van der Waals surface area (Å²) in [4.78, 5) is 6.75. The third-order valence-electron chi connectivity index (χ3n) is 4.39. The maximum Gasteiger partial charge on any atom is 0.114 e. The van der Waals surface area contributed by atoms with Crippen LogP contribution in [0.1, 0.15) is 5.82 Å². The molecule has 118 valence electrons. The van der Waals surface area contributed by atoms with E-state index in [9.17, 15) is 0 Å².